The molecule has 5 atom stereocenters. The second kappa shape index (κ2) is 8.15. The Bertz CT molecular complexity index is 794. The highest BCUT2D eigenvalue weighted by Gasteiger charge is 2.52. The topological polar surface area (TPSA) is 29.5 Å². The zero-order chi connectivity index (χ0) is 20.7. The molecule has 0 amide bonds. The summed E-state index contributed by atoms with van der Waals surface area (Å²) >= 11 is 0. The van der Waals surface area contributed by atoms with Gasteiger partial charge in [0.15, 0.2) is 0 Å². The molecule has 0 unspecified atom stereocenters. The van der Waals surface area contributed by atoms with Crippen LogP contribution in [0.2, 0.25) is 0 Å². The molecule has 0 N–H and O–H groups in total. The Morgan fingerprint density at radius 2 is 1.90 bits per heavy atom. The van der Waals surface area contributed by atoms with Crippen molar-refractivity contribution in [1.29, 1.82) is 0 Å². The summed E-state index contributed by atoms with van der Waals surface area (Å²) in [7, 11) is 0. The van der Waals surface area contributed by atoms with Gasteiger partial charge in [0.2, 0.25) is 0 Å². The fourth-order valence-corrected chi connectivity index (χ4v) is 6.86. The van der Waals surface area contributed by atoms with Crippen LogP contribution in [-0.4, -0.2) is 36.6 Å². The summed E-state index contributed by atoms with van der Waals surface area (Å²) in [5.41, 5.74) is 3.33. The van der Waals surface area contributed by atoms with Gasteiger partial charge in [-0.2, -0.15) is 0 Å². The van der Waals surface area contributed by atoms with Gasteiger partial charge >= 0.3 is 5.97 Å². The minimum Gasteiger partial charge on any atom is -0.461 e. The number of esters is 1. The number of fused-ring (bicyclic) bond motifs is 2. The van der Waals surface area contributed by atoms with Crippen molar-refractivity contribution >= 4 is 5.97 Å². The van der Waals surface area contributed by atoms with Crippen molar-refractivity contribution in [1.82, 2.24) is 4.90 Å². The lowest BCUT2D eigenvalue weighted by molar-refractivity contribution is -0.145. The predicted molar refractivity (Wildman–Crippen MR) is 120 cm³/mol. The Hall–Kier alpha value is -1.61. The lowest BCUT2D eigenvalue weighted by atomic mass is 9.59. The molecule has 2 heterocycles. The second-order valence-electron chi connectivity index (χ2n) is 10.8. The van der Waals surface area contributed by atoms with Gasteiger partial charge in [-0.15, -0.1) is 0 Å². The van der Waals surface area contributed by atoms with Crippen LogP contribution < -0.4 is 0 Å². The van der Waals surface area contributed by atoms with E-state index in [1.54, 1.807) is 5.57 Å². The fourth-order valence-electron chi connectivity index (χ4n) is 6.86. The van der Waals surface area contributed by atoms with Gasteiger partial charge < -0.3 is 9.64 Å². The molecule has 2 aliphatic heterocycles. The summed E-state index contributed by atoms with van der Waals surface area (Å²) in [6.45, 7) is 7.90. The van der Waals surface area contributed by atoms with Crippen LogP contribution >= 0.6 is 0 Å². The van der Waals surface area contributed by atoms with Crippen LogP contribution in [0, 0.1) is 29.1 Å². The molecule has 2 aliphatic carbocycles. The van der Waals surface area contributed by atoms with Gasteiger partial charge in [0.1, 0.15) is 6.10 Å². The van der Waals surface area contributed by atoms with Gasteiger partial charge in [-0.25, -0.2) is 0 Å². The second-order valence-corrected chi connectivity index (χ2v) is 10.8. The molecule has 162 valence electrons. The molecule has 2 saturated heterocycles. The number of hydrogen-bond donors (Lipinski definition) is 0. The van der Waals surface area contributed by atoms with Crippen molar-refractivity contribution in [3.05, 3.63) is 47.5 Å². The SMILES string of the molecule is C[C@H]1CCC[C@]2(C)C[C@H]3OC(=O)[C@@H](CN4CCC(Cc5ccccc5)CC4)[C@H]3C=C12. The summed E-state index contributed by atoms with van der Waals surface area (Å²) in [4.78, 5) is 15.4. The number of piperidine rings is 1. The minimum absolute atomic E-state index is 0.0341. The zero-order valence-corrected chi connectivity index (χ0v) is 18.7. The van der Waals surface area contributed by atoms with Crippen molar-refractivity contribution in [3.8, 4) is 0 Å². The highest BCUT2D eigenvalue weighted by atomic mass is 16.6. The van der Waals surface area contributed by atoms with E-state index in [1.807, 2.05) is 0 Å². The third kappa shape index (κ3) is 3.86. The molecule has 0 bridgehead atoms. The van der Waals surface area contributed by atoms with Crippen LogP contribution in [0.4, 0.5) is 0 Å². The van der Waals surface area contributed by atoms with Crippen LogP contribution in [0.15, 0.2) is 42.0 Å². The van der Waals surface area contributed by atoms with E-state index in [4.69, 9.17) is 4.74 Å². The molecule has 0 spiro atoms. The smallest absolute Gasteiger partial charge is 0.311 e. The van der Waals surface area contributed by atoms with E-state index in [-0.39, 0.29) is 23.4 Å². The van der Waals surface area contributed by atoms with Crippen LogP contribution in [0.25, 0.3) is 0 Å². The van der Waals surface area contributed by atoms with Crippen molar-refractivity contribution in [2.45, 2.75) is 64.9 Å². The van der Waals surface area contributed by atoms with Gasteiger partial charge in [0.05, 0.1) is 5.92 Å². The molecule has 3 fully saturated rings. The Morgan fingerprint density at radius 1 is 1.13 bits per heavy atom. The average molecular weight is 408 g/mol. The van der Waals surface area contributed by atoms with E-state index in [1.165, 1.54) is 44.1 Å². The number of hydrogen-bond acceptors (Lipinski definition) is 3. The Morgan fingerprint density at radius 3 is 2.67 bits per heavy atom. The molecular weight excluding hydrogens is 370 g/mol. The molecular formula is C27H37NO2. The lowest BCUT2D eigenvalue weighted by Gasteiger charge is -2.46. The Labute approximate surface area is 181 Å². The highest BCUT2D eigenvalue weighted by Crippen LogP contribution is 2.54. The van der Waals surface area contributed by atoms with Crippen molar-refractivity contribution in [3.63, 3.8) is 0 Å². The summed E-state index contributed by atoms with van der Waals surface area (Å²) in [5.74, 6) is 1.82. The predicted octanol–water partition coefficient (Wildman–Crippen LogP) is 5.26. The molecule has 0 radical (unpaired) electrons. The first-order valence-corrected chi connectivity index (χ1v) is 12.2. The van der Waals surface area contributed by atoms with E-state index < -0.39 is 0 Å². The Balaban J connectivity index is 1.22. The molecule has 4 aliphatic rings. The molecule has 1 saturated carbocycles. The zero-order valence-electron chi connectivity index (χ0n) is 18.7. The van der Waals surface area contributed by atoms with Gasteiger partial charge in [-0.05, 0) is 74.4 Å². The molecule has 1 aromatic rings. The van der Waals surface area contributed by atoms with Gasteiger partial charge in [-0.3, -0.25) is 4.79 Å². The quantitative estimate of drug-likeness (QED) is 0.504. The number of benzene rings is 1. The van der Waals surface area contributed by atoms with Crippen LogP contribution in [-0.2, 0) is 16.0 Å². The monoisotopic (exact) mass is 407 g/mol. The molecule has 5 rings (SSSR count). The normalized spacial score (nSPS) is 37.3. The summed E-state index contributed by atoms with van der Waals surface area (Å²) in [6.07, 6.45) is 11.2. The number of rotatable bonds is 4. The summed E-state index contributed by atoms with van der Waals surface area (Å²) in [6, 6.07) is 10.9. The number of ether oxygens (including phenoxy) is 1. The van der Waals surface area contributed by atoms with E-state index in [0.29, 0.717) is 11.8 Å². The van der Waals surface area contributed by atoms with Gasteiger partial charge in [0, 0.05) is 12.5 Å². The standard InChI is InChI=1S/C27H37NO2/c1-19-7-6-12-27(2)17-25-22(16-24(19)27)23(26(29)30-25)18-28-13-10-21(11-14-28)15-20-8-4-3-5-9-20/h3-5,8-9,16,19,21-23,25H,6-7,10-15,17-18H2,1-2H3/t19-,22+,23-,25+,27+/m0/s1. The third-order valence-electron chi connectivity index (χ3n) is 8.61. The summed E-state index contributed by atoms with van der Waals surface area (Å²) in [5, 5.41) is 0. The number of likely N-dealkylation sites (tertiary alicyclic amines) is 1. The van der Waals surface area contributed by atoms with Crippen LogP contribution in [0.1, 0.15) is 57.9 Å². The van der Waals surface area contributed by atoms with Crippen molar-refractivity contribution in [2.24, 2.45) is 29.1 Å². The van der Waals surface area contributed by atoms with Gasteiger partial charge in [-0.1, -0.05) is 62.2 Å². The molecule has 1 aromatic carbocycles. The Kier molecular flexibility index (Phi) is 5.51. The number of allylic oxidation sites excluding steroid dienone is 1. The summed E-state index contributed by atoms with van der Waals surface area (Å²) < 4.78 is 5.96. The van der Waals surface area contributed by atoms with Crippen molar-refractivity contribution < 1.29 is 9.53 Å². The fraction of sp³-hybridized carbons (Fsp3) is 0.667. The largest absolute Gasteiger partial charge is 0.461 e. The lowest BCUT2D eigenvalue weighted by Crippen LogP contribution is -2.42. The van der Waals surface area contributed by atoms with E-state index >= 15 is 0 Å². The molecule has 3 heteroatoms. The van der Waals surface area contributed by atoms with E-state index in [2.05, 4.69) is 55.2 Å². The molecule has 3 nitrogen and oxygen atoms in total. The highest BCUT2D eigenvalue weighted by molar-refractivity contribution is 5.76. The first-order chi connectivity index (χ1) is 14.5. The first kappa shape index (κ1) is 20.3. The number of carbonyl (C=O) groups is 1. The van der Waals surface area contributed by atoms with Crippen molar-refractivity contribution in [2.75, 3.05) is 19.6 Å². The van der Waals surface area contributed by atoms with Gasteiger partial charge in [0.25, 0.3) is 0 Å². The number of carbonyl (C=O) groups excluding carboxylic acids is 1. The van der Waals surface area contributed by atoms with Crippen LogP contribution in [0.5, 0.6) is 0 Å². The van der Waals surface area contributed by atoms with E-state index in [0.717, 1.165) is 32.0 Å². The maximum Gasteiger partial charge on any atom is 0.311 e. The number of nitrogens with zero attached hydrogens (tertiary/aromatic N) is 1. The maximum absolute atomic E-state index is 12.8. The minimum atomic E-state index is 0.0341. The third-order valence-corrected chi connectivity index (χ3v) is 8.61. The van der Waals surface area contributed by atoms with Crippen LogP contribution in [0.3, 0.4) is 0 Å². The average Bonchev–Trinajstić information content (AvgIpc) is 3.02. The molecule has 30 heavy (non-hydrogen) atoms. The maximum atomic E-state index is 12.8. The van der Waals surface area contributed by atoms with E-state index in [9.17, 15) is 4.79 Å². The molecule has 0 aromatic heterocycles. The first-order valence-electron chi connectivity index (χ1n) is 12.2.